The highest BCUT2D eigenvalue weighted by Gasteiger charge is 2.24. The van der Waals surface area contributed by atoms with E-state index in [-0.39, 0.29) is 15.8 Å². The van der Waals surface area contributed by atoms with Gasteiger partial charge in [0.05, 0.1) is 4.92 Å². The highest BCUT2D eigenvalue weighted by Crippen LogP contribution is 2.34. The van der Waals surface area contributed by atoms with Crippen LogP contribution in [0.25, 0.3) is 0 Å². The average Bonchev–Trinajstić information content (AvgIpc) is 2.81. The monoisotopic (exact) mass is 347 g/mol. The summed E-state index contributed by atoms with van der Waals surface area (Å²) >= 11 is 6.57. The molecule has 0 amide bonds. The Bertz CT molecular complexity index is 789. The molecule has 0 atom stereocenters. The van der Waals surface area contributed by atoms with E-state index in [9.17, 15) is 18.5 Å². The van der Waals surface area contributed by atoms with E-state index in [1.807, 2.05) is 0 Å². The van der Waals surface area contributed by atoms with E-state index >= 15 is 0 Å². The van der Waals surface area contributed by atoms with Crippen LogP contribution in [-0.2, 0) is 16.6 Å². The van der Waals surface area contributed by atoms with Crippen LogP contribution in [0.2, 0.25) is 5.02 Å². The lowest BCUT2D eigenvalue weighted by Crippen LogP contribution is -2.22. The number of hydrogen-bond donors (Lipinski definition) is 2. The van der Waals surface area contributed by atoms with Gasteiger partial charge in [0.25, 0.3) is 10.0 Å². The van der Waals surface area contributed by atoms with Crippen LogP contribution in [0, 0.1) is 10.1 Å². The predicted molar refractivity (Wildman–Crippen MR) is 80.9 cm³/mol. The van der Waals surface area contributed by atoms with Crippen molar-refractivity contribution in [1.29, 1.82) is 0 Å². The SMILES string of the molecule is Nc1sc(S(=O)(=O)NCc2ccccc2Cl)cc1[N+](=O)[O-]. The number of anilines is 1. The van der Waals surface area contributed by atoms with Crippen LogP contribution >= 0.6 is 22.9 Å². The lowest BCUT2D eigenvalue weighted by atomic mass is 10.2. The van der Waals surface area contributed by atoms with E-state index in [4.69, 9.17) is 17.3 Å². The molecule has 3 N–H and O–H groups in total. The molecule has 0 radical (unpaired) electrons. The van der Waals surface area contributed by atoms with Crippen LogP contribution in [0.4, 0.5) is 10.7 Å². The summed E-state index contributed by atoms with van der Waals surface area (Å²) in [7, 11) is -3.88. The van der Waals surface area contributed by atoms with E-state index in [2.05, 4.69) is 4.72 Å². The number of nitrogens with two attached hydrogens (primary N) is 1. The van der Waals surface area contributed by atoms with Crippen molar-refractivity contribution in [1.82, 2.24) is 4.72 Å². The fourth-order valence-electron chi connectivity index (χ4n) is 1.53. The Hall–Kier alpha value is -1.68. The first kappa shape index (κ1) is 15.7. The van der Waals surface area contributed by atoms with Crippen LogP contribution in [0.1, 0.15) is 5.56 Å². The average molecular weight is 348 g/mol. The number of sulfonamides is 1. The fraction of sp³-hybridized carbons (Fsp3) is 0.0909. The minimum Gasteiger partial charge on any atom is -0.385 e. The Kier molecular flexibility index (Phi) is 4.47. The summed E-state index contributed by atoms with van der Waals surface area (Å²) in [6.45, 7) is -0.0202. The van der Waals surface area contributed by atoms with Crippen LogP contribution < -0.4 is 10.5 Å². The van der Waals surface area contributed by atoms with Crippen molar-refractivity contribution in [3.05, 3.63) is 51.0 Å². The first-order valence-corrected chi connectivity index (χ1v) is 8.26. The Morgan fingerprint density at radius 1 is 1.38 bits per heavy atom. The molecule has 2 rings (SSSR count). The topological polar surface area (TPSA) is 115 Å². The maximum atomic E-state index is 12.1. The van der Waals surface area contributed by atoms with Gasteiger partial charge in [0, 0.05) is 17.6 Å². The van der Waals surface area contributed by atoms with Crippen LogP contribution in [0.5, 0.6) is 0 Å². The van der Waals surface area contributed by atoms with E-state index in [0.29, 0.717) is 21.9 Å². The Morgan fingerprint density at radius 2 is 2.05 bits per heavy atom. The van der Waals surface area contributed by atoms with Gasteiger partial charge in [0.1, 0.15) is 4.21 Å². The molecule has 0 saturated carbocycles. The first-order valence-electron chi connectivity index (χ1n) is 5.58. The van der Waals surface area contributed by atoms with Gasteiger partial charge in [-0.2, -0.15) is 0 Å². The summed E-state index contributed by atoms with van der Waals surface area (Å²) < 4.78 is 26.3. The molecule has 0 bridgehead atoms. The first-order chi connectivity index (χ1) is 9.81. The number of nitrogen functional groups attached to an aromatic ring is 1. The highest BCUT2D eigenvalue weighted by molar-refractivity contribution is 7.91. The molecule has 2 aromatic rings. The molecule has 0 aliphatic rings. The van der Waals surface area contributed by atoms with Gasteiger partial charge in [0.15, 0.2) is 5.00 Å². The quantitative estimate of drug-likeness (QED) is 0.636. The maximum Gasteiger partial charge on any atom is 0.304 e. The van der Waals surface area contributed by atoms with Crippen molar-refractivity contribution >= 4 is 43.6 Å². The highest BCUT2D eigenvalue weighted by atomic mass is 35.5. The third-order valence-corrected chi connectivity index (χ3v) is 5.79. The van der Waals surface area contributed by atoms with E-state index in [1.165, 1.54) is 0 Å². The van der Waals surface area contributed by atoms with Gasteiger partial charge in [-0.3, -0.25) is 10.1 Å². The molecule has 0 unspecified atom stereocenters. The smallest absolute Gasteiger partial charge is 0.304 e. The number of halogens is 1. The summed E-state index contributed by atoms with van der Waals surface area (Å²) in [4.78, 5) is 9.96. The molecule has 1 aromatic heterocycles. The summed E-state index contributed by atoms with van der Waals surface area (Å²) in [5.74, 6) is 0. The van der Waals surface area contributed by atoms with Gasteiger partial charge in [0.2, 0.25) is 0 Å². The molecule has 112 valence electrons. The molecule has 7 nitrogen and oxygen atoms in total. The molecule has 1 heterocycles. The zero-order chi connectivity index (χ0) is 15.6. The molecule has 0 aliphatic heterocycles. The second-order valence-corrected chi connectivity index (χ2v) is 7.47. The molecule has 0 aliphatic carbocycles. The normalized spacial score (nSPS) is 11.5. The minimum absolute atomic E-state index is 0.0202. The van der Waals surface area contributed by atoms with Gasteiger partial charge in [-0.1, -0.05) is 41.1 Å². The fourth-order valence-corrected chi connectivity index (χ4v) is 4.00. The predicted octanol–water partition coefficient (Wildman–Crippen LogP) is 2.37. The Morgan fingerprint density at radius 3 is 2.62 bits per heavy atom. The number of thiophene rings is 1. The summed E-state index contributed by atoms with van der Waals surface area (Å²) in [6.07, 6.45) is 0. The van der Waals surface area contributed by atoms with Crippen molar-refractivity contribution in [2.24, 2.45) is 0 Å². The number of nitro groups is 1. The Balaban J connectivity index is 2.21. The molecule has 10 heteroatoms. The van der Waals surface area contributed by atoms with Gasteiger partial charge >= 0.3 is 5.69 Å². The molecule has 1 aromatic carbocycles. The molecule has 0 spiro atoms. The van der Waals surface area contributed by atoms with Crippen LogP contribution in [0.3, 0.4) is 0 Å². The zero-order valence-corrected chi connectivity index (χ0v) is 12.8. The van der Waals surface area contributed by atoms with Crippen molar-refractivity contribution in [2.45, 2.75) is 10.8 Å². The van der Waals surface area contributed by atoms with Crippen LogP contribution in [-0.4, -0.2) is 13.3 Å². The maximum absolute atomic E-state index is 12.1. The summed E-state index contributed by atoms with van der Waals surface area (Å²) in [6, 6.07) is 7.71. The van der Waals surface area contributed by atoms with E-state index in [1.54, 1.807) is 24.3 Å². The number of rotatable bonds is 5. The van der Waals surface area contributed by atoms with E-state index in [0.717, 1.165) is 6.07 Å². The van der Waals surface area contributed by atoms with Crippen molar-refractivity contribution in [3.8, 4) is 0 Å². The lowest BCUT2D eigenvalue weighted by Gasteiger charge is -2.06. The summed E-state index contributed by atoms with van der Waals surface area (Å²) in [5, 5.41) is 11.0. The number of benzene rings is 1. The largest absolute Gasteiger partial charge is 0.385 e. The van der Waals surface area contributed by atoms with Gasteiger partial charge in [-0.15, -0.1) is 0 Å². The zero-order valence-electron chi connectivity index (χ0n) is 10.4. The van der Waals surface area contributed by atoms with Gasteiger partial charge in [-0.25, -0.2) is 13.1 Å². The standard InChI is InChI=1S/C11H10ClN3O4S2/c12-8-4-2-1-3-7(8)6-14-21(18,19)10-5-9(15(16)17)11(13)20-10/h1-5,14H,6,13H2. The third-order valence-electron chi connectivity index (χ3n) is 2.59. The molecule has 0 fully saturated rings. The van der Waals surface area contributed by atoms with Crippen molar-refractivity contribution < 1.29 is 13.3 Å². The molecule has 0 saturated heterocycles. The van der Waals surface area contributed by atoms with Gasteiger partial charge in [-0.05, 0) is 11.6 Å². The van der Waals surface area contributed by atoms with Crippen molar-refractivity contribution in [3.63, 3.8) is 0 Å². The molecule has 21 heavy (non-hydrogen) atoms. The number of nitrogens with zero attached hydrogens (tertiary/aromatic N) is 1. The molecular formula is C11H10ClN3O4S2. The third kappa shape index (κ3) is 3.50. The second kappa shape index (κ2) is 5.98. The van der Waals surface area contributed by atoms with Gasteiger partial charge < -0.3 is 5.73 Å². The number of hydrogen-bond acceptors (Lipinski definition) is 6. The summed E-state index contributed by atoms with van der Waals surface area (Å²) in [5.41, 5.74) is 5.61. The Labute approximate surface area is 129 Å². The van der Waals surface area contributed by atoms with Crippen molar-refractivity contribution in [2.75, 3.05) is 5.73 Å². The lowest BCUT2D eigenvalue weighted by molar-refractivity contribution is -0.383. The second-order valence-electron chi connectivity index (χ2n) is 3.99. The van der Waals surface area contributed by atoms with Crippen LogP contribution in [0.15, 0.2) is 34.5 Å². The molecular weight excluding hydrogens is 338 g/mol. The van der Waals surface area contributed by atoms with E-state index < -0.39 is 20.6 Å². The number of nitrogens with one attached hydrogen (secondary N) is 1. The minimum atomic E-state index is -3.88.